The number of halogens is 1. The third kappa shape index (κ3) is 3.18. The van der Waals surface area contributed by atoms with Crippen LogP contribution in [0.2, 0.25) is 0 Å². The Morgan fingerprint density at radius 2 is 2.14 bits per heavy atom. The number of hydrogen-bond acceptors (Lipinski definition) is 4. The first-order valence-corrected chi connectivity index (χ1v) is 8.05. The molecular formula is C16H17FN2O2S. The fourth-order valence-electron chi connectivity index (χ4n) is 2.56. The number of ether oxygens (including phenoxy) is 1. The normalized spacial score (nSPS) is 16.1. The number of hydrogen-bond donors (Lipinski definition) is 1. The van der Waals surface area contributed by atoms with Crippen LogP contribution in [0.5, 0.6) is 0 Å². The molecule has 1 N–H and O–H groups in total. The third-order valence-corrected chi connectivity index (χ3v) is 4.83. The Bertz CT molecular complexity index is 660. The van der Waals surface area contributed by atoms with E-state index in [9.17, 15) is 9.18 Å². The molecule has 0 radical (unpaired) electrons. The average molecular weight is 320 g/mol. The van der Waals surface area contributed by atoms with E-state index in [0.29, 0.717) is 11.6 Å². The summed E-state index contributed by atoms with van der Waals surface area (Å²) in [6.45, 7) is 0. The van der Waals surface area contributed by atoms with Crippen LogP contribution in [0.15, 0.2) is 29.6 Å². The molecule has 1 saturated carbocycles. The predicted molar refractivity (Wildman–Crippen MR) is 84.3 cm³/mol. The topological polar surface area (TPSA) is 51.2 Å². The summed E-state index contributed by atoms with van der Waals surface area (Å²) >= 11 is 1.36. The highest BCUT2D eigenvalue weighted by Crippen LogP contribution is 2.38. The SMILES string of the molecule is COC1(CC(=O)Nc2nc(-c3ccc(F)cc3)cs2)CCC1. The van der Waals surface area contributed by atoms with Crippen molar-refractivity contribution in [3.63, 3.8) is 0 Å². The zero-order chi connectivity index (χ0) is 15.6. The molecule has 2 aromatic rings. The van der Waals surface area contributed by atoms with Gasteiger partial charge in [-0.3, -0.25) is 4.79 Å². The highest BCUT2D eigenvalue weighted by atomic mass is 32.1. The zero-order valence-electron chi connectivity index (χ0n) is 12.3. The maximum atomic E-state index is 12.9. The maximum absolute atomic E-state index is 12.9. The van der Waals surface area contributed by atoms with Crippen LogP contribution in [0.1, 0.15) is 25.7 Å². The molecule has 116 valence electrons. The van der Waals surface area contributed by atoms with Crippen molar-refractivity contribution in [3.8, 4) is 11.3 Å². The van der Waals surface area contributed by atoms with Crippen LogP contribution in [0.3, 0.4) is 0 Å². The number of thiazole rings is 1. The Kier molecular flexibility index (Phi) is 4.22. The molecule has 1 aromatic carbocycles. The number of carbonyl (C=O) groups excluding carboxylic acids is 1. The molecule has 0 atom stereocenters. The second-order valence-corrected chi connectivity index (χ2v) is 6.37. The number of amides is 1. The molecular weight excluding hydrogens is 303 g/mol. The molecule has 1 aliphatic rings. The molecule has 0 bridgehead atoms. The first-order valence-electron chi connectivity index (χ1n) is 7.17. The number of carbonyl (C=O) groups is 1. The van der Waals surface area contributed by atoms with Crippen LogP contribution < -0.4 is 5.32 Å². The van der Waals surface area contributed by atoms with Crippen molar-refractivity contribution in [2.75, 3.05) is 12.4 Å². The van der Waals surface area contributed by atoms with Gasteiger partial charge in [-0.1, -0.05) is 0 Å². The monoisotopic (exact) mass is 320 g/mol. The van der Waals surface area contributed by atoms with Gasteiger partial charge in [0.25, 0.3) is 0 Å². The van der Waals surface area contributed by atoms with Gasteiger partial charge >= 0.3 is 0 Å². The van der Waals surface area contributed by atoms with Gasteiger partial charge in [0.2, 0.25) is 5.91 Å². The van der Waals surface area contributed by atoms with Crippen LogP contribution in [0, 0.1) is 5.82 Å². The van der Waals surface area contributed by atoms with Crippen molar-refractivity contribution >= 4 is 22.4 Å². The molecule has 0 saturated heterocycles. The first-order chi connectivity index (χ1) is 10.6. The molecule has 1 aromatic heterocycles. The molecule has 1 aliphatic carbocycles. The van der Waals surface area contributed by atoms with Gasteiger partial charge in [-0.15, -0.1) is 11.3 Å². The number of rotatable bonds is 5. The van der Waals surface area contributed by atoms with Crippen molar-refractivity contribution in [3.05, 3.63) is 35.5 Å². The number of benzene rings is 1. The van der Waals surface area contributed by atoms with Gasteiger partial charge in [0.05, 0.1) is 17.7 Å². The van der Waals surface area contributed by atoms with Crippen molar-refractivity contribution in [2.24, 2.45) is 0 Å². The van der Waals surface area contributed by atoms with Gasteiger partial charge in [0.1, 0.15) is 5.82 Å². The smallest absolute Gasteiger partial charge is 0.229 e. The molecule has 1 fully saturated rings. The minimum absolute atomic E-state index is 0.0819. The van der Waals surface area contributed by atoms with Crippen molar-refractivity contribution in [1.29, 1.82) is 0 Å². The van der Waals surface area contributed by atoms with Crippen molar-refractivity contribution in [2.45, 2.75) is 31.3 Å². The fraction of sp³-hybridized carbons (Fsp3) is 0.375. The summed E-state index contributed by atoms with van der Waals surface area (Å²) in [4.78, 5) is 16.5. The van der Waals surface area contributed by atoms with Gasteiger partial charge < -0.3 is 10.1 Å². The lowest BCUT2D eigenvalue weighted by Gasteiger charge is -2.39. The van der Waals surface area contributed by atoms with Crippen molar-refractivity contribution in [1.82, 2.24) is 4.98 Å². The Labute approximate surface area is 132 Å². The quantitative estimate of drug-likeness (QED) is 0.910. The first kappa shape index (κ1) is 15.1. The van der Waals surface area contributed by atoms with E-state index in [4.69, 9.17) is 4.74 Å². The number of nitrogens with one attached hydrogen (secondary N) is 1. The summed E-state index contributed by atoms with van der Waals surface area (Å²) in [6.07, 6.45) is 3.31. The lowest BCUT2D eigenvalue weighted by Crippen LogP contribution is -2.42. The molecule has 0 unspecified atom stereocenters. The summed E-state index contributed by atoms with van der Waals surface area (Å²) in [5, 5.41) is 5.21. The van der Waals surface area contributed by atoms with E-state index in [2.05, 4.69) is 10.3 Å². The van der Waals surface area contributed by atoms with E-state index in [-0.39, 0.29) is 17.3 Å². The van der Waals surface area contributed by atoms with Crippen LogP contribution in [-0.4, -0.2) is 23.6 Å². The molecule has 1 heterocycles. The average Bonchev–Trinajstić information content (AvgIpc) is 2.92. The molecule has 1 amide bonds. The van der Waals surface area contributed by atoms with Crippen LogP contribution >= 0.6 is 11.3 Å². The summed E-state index contributed by atoms with van der Waals surface area (Å²) in [5.74, 6) is -0.362. The number of aromatic nitrogens is 1. The van der Waals surface area contributed by atoms with Crippen LogP contribution in [0.4, 0.5) is 9.52 Å². The lowest BCUT2D eigenvalue weighted by molar-refractivity contribution is -0.129. The van der Waals surface area contributed by atoms with Crippen LogP contribution in [-0.2, 0) is 9.53 Å². The molecule has 6 heteroatoms. The summed E-state index contributed by atoms with van der Waals surface area (Å²) in [6, 6.07) is 6.13. The molecule has 0 aliphatic heterocycles. The van der Waals surface area contributed by atoms with Gasteiger partial charge in [-0.05, 0) is 43.5 Å². The fourth-order valence-corrected chi connectivity index (χ4v) is 3.30. The molecule has 3 rings (SSSR count). The maximum Gasteiger partial charge on any atom is 0.229 e. The Balaban J connectivity index is 1.64. The van der Waals surface area contributed by atoms with E-state index in [0.717, 1.165) is 30.5 Å². The molecule has 22 heavy (non-hydrogen) atoms. The van der Waals surface area contributed by atoms with Gasteiger partial charge in [-0.2, -0.15) is 0 Å². The number of anilines is 1. The summed E-state index contributed by atoms with van der Waals surface area (Å²) < 4.78 is 18.4. The standard InChI is InChI=1S/C16H17FN2O2S/c1-21-16(7-2-8-16)9-14(20)19-15-18-13(10-22-15)11-3-5-12(17)6-4-11/h3-6,10H,2,7-9H2,1H3,(H,18,19,20). The Morgan fingerprint density at radius 1 is 1.41 bits per heavy atom. The molecule has 0 spiro atoms. The number of methoxy groups -OCH3 is 1. The van der Waals surface area contributed by atoms with Crippen molar-refractivity contribution < 1.29 is 13.9 Å². The summed E-state index contributed by atoms with van der Waals surface area (Å²) in [7, 11) is 1.66. The van der Waals surface area contributed by atoms with E-state index >= 15 is 0 Å². The summed E-state index contributed by atoms with van der Waals surface area (Å²) in [5.41, 5.74) is 1.26. The zero-order valence-corrected chi connectivity index (χ0v) is 13.1. The number of nitrogens with zero attached hydrogens (tertiary/aromatic N) is 1. The van der Waals surface area contributed by atoms with Gasteiger partial charge in [0.15, 0.2) is 5.13 Å². The second-order valence-electron chi connectivity index (χ2n) is 5.51. The highest BCUT2D eigenvalue weighted by molar-refractivity contribution is 7.14. The van der Waals surface area contributed by atoms with E-state index in [1.807, 2.05) is 5.38 Å². The Morgan fingerprint density at radius 3 is 2.73 bits per heavy atom. The minimum Gasteiger partial charge on any atom is -0.378 e. The van der Waals surface area contributed by atoms with Crippen LogP contribution in [0.25, 0.3) is 11.3 Å². The van der Waals surface area contributed by atoms with E-state index in [1.54, 1.807) is 19.2 Å². The third-order valence-electron chi connectivity index (χ3n) is 4.07. The van der Waals surface area contributed by atoms with E-state index < -0.39 is 0 Å². The lowest BCUT2D eigenvalue weighted by atomic mass is 9.77. The van der Waals surface area contributed by atoms with Gasteiger partial charge in [-0.25, -0.2) is 9.37 Å². The Hall–Kier alpha value is -1.79. The largest absolute Gasteiger partial charge is 0.378 e. The second kappa shape index (κ2) is 6.14. The predicted octanol–water partition coefficient (Wildman–Crippen LogP) is 3.85. The van der Waals surface area contributed by atoms with E-state index in [1.165, 1.54) is 23.5 Å². The minimum atomic E-state index is -0.291. The van der Waals surface area contributed by atoms with Gasteiger partial charge in [0, 0.05) is 18.1 Å². The molecule has 4 nitrogen and oxygen atoms in total. The highest BCUT2D eigenvalue weighted by Gasteiger charge is 2.39.